The molecule has 2 aliphatic rings. The normalized spacial score (nSPS) is 27.3. The summed E-state index contributed by atoms with van der Waals surface area (Å²) in [7, 11) is 0. The molecule has 24 heavy (non-hydrogen) atoms. The number of hydrogen-bond donors (Lipinski definition) is 1. The second kappa shape index (κ2) is 6.31. The highest BCUT2D eigenvalue weighted by Gasteiger charge is 2.47. The van der Waals surface area contributed by atoms with Gasteiger partial charge in [-0.3, -0.25) is 4.90 Å². The Morgan fingerprint density at radius 2 is 2.17 bits per heavy atom. The van der Waals surface area contributed by atoms with Crippen LogP contribution in [0.4, 0.5) is 0 Å². The molecule has 1 aromatic heterocycles. The van der Waals surface area contributed by atoms with Crippen molar-refractivity contribution in [3.8, 4) is 11.3 Å². The summed E-state index contributed by atoms with van der Waals surface area (Å²) in [5, 5.41) is 14.1. The van der Waals surface area contributed by atoms with Crippen LogP contribution in [0.15, 0.2) is 34.9 Å². The molecule has 0 radical (unpaired) electrons. The molecule has 2 fully saturated rings. The first-order valence-corrected chi connectivity index (χ1v) is 8.62. The molecule has 0 bridgehead atoms. The van der Waals surface area contributed by atoms with E-state index in [4.69, 9.17) is 9.26 Å². The lowest BCUT2D eigenvalue weighted by Gasteiger charge is -2.36. The number of aromatic nitrogens is 1. The molecule has 5 heteroatoms. The monoisotopic (exact) mass is 328 g/mol. The lowest BCUT2D eigenvalue weighted by Crippen LogP contribution is -2.41. The first-order valence-electron chi connectivity index (χ1n) is 8.62. The van der Waals surface area contributed by atoms with Gasteiger partial charge in [0.05, 0.1) is 19.8 Å². The molecule has 0 saturated carbocycles. The fraction of sp³-hybridized carbons (Fsp3) is 0.526. The van der Waals surface area contributed by atoms with E-state index in [1.807, 2.05) is 6.07 Å². The maximum absolute atomic E-state index is 9.89. The third-order valence-corrected chi connectivity index (χ3v) is 5.55. The molecular formula is C19H24N2O3. The fourth-order valence-electron chi connectivity index (χ4n) is 4.00. The number of benzene rings is 1. The summed E-state index contributed by atoms with van der Waals surface area (Å²) in [6, 6.07) is 10.3. The number of rotatable bonds is 4. The summed E-state index contributed by atoms with van der Waals surface area (Å²) < 4.78 is 11.2. The van der Waals surface area contributed by atoms with Crippen LogP contribution in [0.1, 0.15) is 17.7 Å². The number of nitrogens with zero attached hydrogens (tertiary/aromatic N) is 2. The number of fused-ring (bicyclic) bond motifs is 1. The van der Waals surface area contributed by atoms with Crippen molar-refractivity contribution >= 4 is 0 Å². The first kappa shape index (κ1) is 15.8. The van der Waals surface area contributed by atoms with Crippen molar-refractivity contribution < 1.29 is 14.4 Å². The highest BCUT2D eigenvalue weighted by Crippen LogP contribution is 2.42. The van der Waals surface area contributed by atoms with Gasteiger partial charge < -0.3 is 14.4 Å². The zero-order valence-corrected chi connectivity index (χ0v) is 14.1. The van der Waals surface area contributed by atoms with Gasteiger partial charge in [0.1, 0.15) is 5.69 Å². The zero-order chi connectivity index (χ0) is 16.6. The summed E-state index contributed by atoms with van der Waals surface area (Å²) in [4.78, 5) is 2.36. The van der Waals surface area contributed by atoms with Gasteiger partial charge in [0.2, 0.25) is 0 Å². The highest BCUT2D eigenvalue weighted by atomic mass is 16.5. The van der Waals surface area contributed by atoms with E-state index in [1.165, 1.54) is 5.56 Å². The highest BCUT2D eigenvalue weighted by molar-refractivity contribution is 5.59. The molecule has 0 amide bonds. The van der Waals surface area contributed by atoms with Gasteiger partial charge in [-0.25, -0.2) is 0 Å². The molecule has 2 aliphatic heterocycles. The van der Waals surface area contributed by atoms with E-state index in [0.717, 1.165) is 56.3 Å². The lowest BCUT2D eigenvalue weighted by molar-refractivity contribution is -0.0417. The molecule has 0 aliphatic carbocycles. The van der Waals surface area contributed by atoms with Crippen molar-refractivity contribution in [2.75, 3.05) is 32.9 Å². The van der Waals surface area contributed by atoms with Crippen LogP contribution in [0.5, 0.6) is 0 Å². The van der Waals surface area contributed by atoms with Crippen LogP contribution < -0.4 is 0 Å². The number of aliphatic hydroxyl groups is 1. The van der Waals surface area contributed by atoms with E-state index in [-0.39, 0.29) is 12.0 Å². The summed E-state index contributed by atoms with van der Waals surface area (Å²) in [6.45, 7) is 6.40. The van der Waals surface area contributed by atoms with Crippen molar-refractivity contribution in [2.45, 2.75) is 19.9 Å². The number of hydrogen-bond acceptors (Lipinski definition) is 5. The zero-order valence-electron chi connectivity index (χ0n) is 14.1. The molecule has 2 atom stereocenters. The molecule has 0 spiro atoms. The van der Waals surface area contributed by atoms with E-state index in [9.17, 15) is 5.11 Å². The van der Waals surface area contributed by atoms with E-state index in [0.29, 0.717) is 5.92 Å². The Morgan fingerprint density at radius 3 is 2.92 bits per heavy atom. The Hall–Kier alpha value is -1.69. The lowest BCUT2D eigenvalue weighted by atomic mass is 9.75. The van der Waals surface area contributed by atoms with Crippen LogP contribution in [-0.4, -0.2) is 48.1 Å². The Bertz CT molecular complexity index is 697. The summed E-state index contributed by atoms with van der Waals surface area (Å²) in [5.74, 6) is 1.29. The van der Waals surface area contributed by atoms with Crippen LogP contribution in [0, 0.1) is 18.3 Å². The molecule has 2 saturated heterocycles. The summed E-state index contributed by atoms with van der Waals surface area (Å²) in [5.41, 5.74) is 3.18. The maximum Gasteiger partial charge on any atom is 0.151 e. The largest absolute Gasteiger partial charge is 0.396 e. The maximum atomic E-state index is 9.89. The van der Waals surface area contributed by atoms with Gasteiger partial charge in [-0.05, 0) is 13.3 Å². The van der Waals surface area contributed by atoms with Gasteiger partial charge in [0, 0.05) is 42.7 Å². The van der Waals surface area contributed by atoms with Crippen LogP contribution >= 0.6 is 0 Å². The van der Waals surface area contributed by atoms with E-state index < -0.39 is 0 Å². The van der Waals surface area contributed by atoms with Crippen LogP contribution in [0.25, 0.3) is 11.3 Å². The van der Waals surface area contributed by atoms with Crippen molar-refractivity contribution in [1.82, 2.24) is 10.1 Å². The van der Waals surface area contributed by atoms with E-state index in [1.54, 1.807) is 0 Å². The average Bonchev–Trinajstić information content (AvgIpc) is 3.20. The second-order valence-electron chi connectivity index (χ2n) is 7.26. The summed E-state index contributed by atoms with van der Waals surface area (Å²) >= 11 is 0. The van der Waals surface area contributed by atoms with Crippen LogP contribution in [0.3, 0.4) is 0 Å². The van der Waals surface area contributed by atoms with Crippen molar-refractivity contribution in [3.05, 3.63) is 41.7 Å². The van der Waals surface area contributed by atoms with Gasteiger partial charge in [-0.2, -0.15) is 0 Å². The molecular weight excluding hydrogens is 304 g/mol. The molecule has 4 rings (SSSR count). The van der Waals surface area contributed by atoms with E-state index >= 15 is 0 Å². The molecule has 1 N–H and O–H groups in total. The van der Waals surface area contributed by atoms with Gasteiger partial charge in [-0.15, -0.1) is 0 Å². The molecule has 0 unspecified atom stereocenters. The number of likely N-dealkylation sites (tertiary alicyclic amines) is 1. The minimum atomic E-state index is -0.00193. The smallest absolute Gasteiger partial charge is 0.151 e. The Balaban J connectivity index is 1.46. The van der Waals surface area contributed by atoms with Crippen molar-refractivity contribution in [3.63, 3.8) is 0 Å². The number of ether oxygens (including phenoxy) is 1. The van der Waals surface area contributed by atoms with Crippen molar-refractivity contribution in [2.24, 2.45) is 11.3 Å². The Kier molecular flexibility index (Phi) is 4.16. The molecule has 1 aromatic carbocycles. The molecule has 2 aromatic rings. The fourth-order valence-corrected chi connectivity index (χ4v) is 4.00. The van der Waals surface area contributed by atoms with Crippen molar-refractivity contribution in [1.29, 1.82) is 0 Å². The number of aryl methyl sites for hydroxylation is 1. The minimum absolute atomic E-state index is 0.00193. The summed E-state index contributed by atoms with van der Waals surface area (Å²) in [6.07, 6.45) is 0.940. The minimum Gasteiger partial charge on any atom is -0.396 e. The first-order chi connectivity index (χ1) is 11.7. The predicted molar refractivity (Wildman–Crippen MR) is 90.4 cm³/mol. The SMILES string of the molecule is Cc1ccc(-c2cc(CN3C[C@@H]4COCC[C@]4(CO)C3)on2)cc1. The molecule has 5 nitrogen and oxygen atoms in total. The third-order valence-electron chi connectivity index (χ3n) is 5.55. The quantitative estimate of drug-likeness (QED) is 0.934. The van der Waals surface area contributed by atoms with E-state index in [2.05, 4.69) is 41.2 Å². The van der Waals surface area contributed by atoms with Gasteiger partial charge in [0.15, 0.2) is 5.76 Å². The molecule has 3 heterocycles. The van der Waals surface area contributed by atoms with Gasteiger partial charge in [0.25, 0.3) is 0 Å². The van der Waals surface area contributed by atoms with Crippen LogP contribution in [0.2, 0.25) is 0 Å². The average molecular weight is 328 g/mol. The second-order valence-corrected chi connectivity index (χ2v) is 7.26. The molecule has 128 valence electrons. The van der Waals surface area contributed by atoms with Crippen LogP contribution in [-0.2, 0) is 11.3 Å². The van der Waals surface area contributed by atoms with Gasteiger partial charge in [-0.1, -0.05) is 35.0 Å². The number of aliphatic hydroxyl groups excluding tert-OH is 1. The predicted octanol–water partition coefficient (Wildman–Crippen LogP) is 2.48. The van der Waals surface area contributed by atoms with Gasteiger partial charge >= 0.3 is 0 Å². The topological polar surface area (TPSA) is 58.7 Å². The standard InChI is InChI=1S/C19H24N2O3/c1-14-2-4-15(5-3-14)18-8-17(24-20-18)10-21-9-16-11-23-7-6-19(16,12-21)13-22/h2-5,8,16,22H,6-7,9-13H2,1H3/t16-,19-/m1/s1. The Labute approximate surface area is 142 Å². The third kappa shape index (κ3) is 2.88. The Morgan fingerprint density at radius 1 is 1.33 bits per heavy atom.